The average Bonchev–Trinajstić information content (AvgIpc) is 3.55. The Morgan fingerprint density at radius 3 is 2.62 bits per heavy atom. The van der Waals surface area contributed by atoms with E-state index in [0.717, 1.165) is 79.6 Å². The van der Waals surface area contributed by atoms with Gasteiger partial charge in [-0.1, -0.05) is 43.7 Å². The molecule has 1 saturated carbocycles. The molecule has 7 atom stereocenters. The average molecular weight is 724 g/mol. The number of benzene rings is 2. The van der Waals surface area contributed by atoms with E-state index in [4.69, 9.17) is 25.8 Å². The number of hydrogen-bond donors (Lipinski definition) is 1. The molecule has 2 bridgehead atoms. The Morgan fingerprint density at radius 1 is 1.08 bits per heavy atom. The second-order valence-electron chi connectivity index (χ2n) is 15.0. The Bertz CT molecular complexity index is 1550. The summed E-state index contributed by atoms with van der Waals surface area (Å²) in [7, 11) is 3.52. The highest BCUT2D eigenvalue weighted by molar-refractivity contribution is 7.98. The van der Waals surface area contributed by atoms with Crippen LogP contribution in [0.25, 0.3) is 0 Å². The molecule has 2 amide bonds. The third-order valence-corrected chi connectivity index (χ3v) is 13.0. The molecule has 3 heterocycles. The minimum atomic E-state index is -0.0923. The van der Waals surface area contributed by atoms with E-state index >= 15 is 0 Å². The molecule has 50 heavy (non-hydrogen) atoms. The van der Waals surface area contributed by atoms with Gasteiger partial charge in [0.2, 0.25) is 11.8 Å². The molecule has 7 rings (SSSR count). The lowest BCUT2D eigenvalue weighted by atomic mass is 9.68. The predicted molar refractivity (Wildman–Crippen MR) is 201 cm³/mol. The first-order valence-electron chi connectivity index (χ1n) is 18.4. The van der Waals surface area contributed by atoms with Gasteiger partial charge >= 0.3 is 0 Å². The number of carbonyl (C=O) groups excluding carboxylic acids is 2. The lowest BCUT2D eigenvalue weighted by Crippen LogP contribution is -2.49. The maximum absolute atomic E-state index is 13.0. The predicted octanol–water partition coefficient (Wildman–Crippen LogP) is 7.46. The summed E-state index contributed by atoms with van der Waals surface area (Å²) in [5.41, 5.74) is 3.78. The fraction of sp³-hybridized carbons (Fsp3) is 0.600. The molecule has 1 N–H and O–H groups in total. The SMILES string of the molecule is COC1/C=C/CC(C)C(C)C(=O)NSc2ccc3c(c2)N(CC2CCC21)C[C@@]1(CCCc2cc(Cl)ccc21)CO3.COC1CCN(C(C)=O)C1. The van der Waals surface area contributed by atoms with Crippen LogP contribution in [0.2, 0.25) is 5.02 Å². The summed E-state index contributed by atoms with van der Waals surface area (Å²) >= 11 is 7.84. The summed E-state index contributed by atoms with van der Waals surface area (Å²) in [4.78, 5) is 29.2. The van der Waals surface area contributed by atoms with Crippen molar-refractivity contribution in [3.8, 4) is 5.75 Å². The van der Waals surface area contributed by atoms with Crippen molar-refractivity contribution in [3.05, 3.63) is 64.7 Å². The van der Waals surface area contributed by atoms with Crippen molar-refractivity contribution < 1.29 is 23.8 Å². The number of aryl methyl sites for hydroxylation is 1. The van der Waals surface area contributed by atoms with Crippen LogP contribution >= 0.6 is 23.5 Å². The van der Waals surface area contributed by atoms with Gasteiger partial charge in [0, 0.05) is 68.6 Å². The highest BCUT2D eigenvalue weighted by Gasteiger charge is 2.44. The largest absolute Gasteiger partial charge is 0.490 e. The van der Waals surface area contributed by atoms with Crippen LogP contribution in [0.3, 0.4) is 0 Å². The van der Waals surface area contributed by atoms with Crippen molar-refractivity contribution >= 4 is 41.1 Å². The normalized spacial score (nSPS) is 31.5. The van der Waals surface area contributed by atoms with Gasteiger partial charge in [-0.2, -0.15) is 0 Å². The number of anilines is 1. The molecule has 3 aliphatic heterocycles. The van der Waals surface area contributed by atoms with Crippen LogP contribution in [0.5, 0.6) is 5.75 Å². The number of ether oxygens (including phenoxy) is 3. The number of methoxy groups -OCH3 is 2. The van der Waals surface area contributed by atoms with Crippen molar-refractivity contribution in [3.63, 3.8) is 0 Å². The molecule has 5 aliphatic rings. The highest BCUT2D eigenvalue weighted by Crippen LogP contribution is 2.47. The minimum Gasteiger partial charge on any atom is -0.490 e. The summed E-state index contributed by atoms with van der Waals surface area (Å²) in [5.74, 6) is 2.35. The maximum atomic E-state index is 13.0. The van der Waals surface area contributed by atoms with Crippen LogP contribution in [-0.2, 0) is 30.9 Å². The fourth-order valence-electron chi connectivity index (χ4n) is 8.39. The number of likely N-dealkylation sites (tertiary alicyclic amines) is 1. The Labute approximate surface area is 307 Å². The fourth-order valence-corrected chi connectivity index (χ4v) is 9.29. The first-order valence-corrected chi connectivity index (χ1v) is 19.6. The molecule has 0 aromatic heterocycles. The third kappa shape index (κ3) is 8.16. The molecular weight excluding hydrogens is 670 g/mol. The first kappa shape index (κ1) is 37.1. The van der Waals surface area contributed by atoms with Gasteiger partial charge in [0.1, 0.15) is 5.75 Å². The monoisotopic (exact) mass is 723 g/mol. The van der Waals surface area contributed by atoms with Crippen LogP contribution in [0.1, 0.15) is 70.4 Å². The van der Waals surface area contributed by atoms with Gasteiger partial charge in [0.05, 0.1) is 24.5 Å². The highest BCUT2D eigenvalue weighted by atomic mass is 35.5. The summed E-state index contributed by atoms with van der Waals surface area (Å²) in [5, 5.41) is 0.807. The first-order chi connectivity index (χ1) is 24.1. The van der Waals surface area contributed by atoms with E-state index in [1.807, 2.05) is 25.0 Å². The zero-order valence-electron chi connectivity index (χ0n) is 30.3. The third-order valence-electron chi connectivity index (χ3n) is 11.9. The Kier molecular flexibility index (Phi) is 12.1. The number of amides is 2. The van der Waals surface area contributed by atoms with Crippen molar-refractivity contribution in [2.75, 3.05) is 51.9 Å². The van der Waals surface area contributed by atoms with Gasteiger partial charge in [-0.3, -0.25) is 14.3 Å². The van der Waals surface area contributed by atoms with Crippen molar-refractivity contribution in [1.29, 1.82) is 0 Å². The van der Waals surface area contributed by atoms with Crippen LogP contribution in [0.4, 0.5) is 5.69 Å². The number of rotatable bonds is 2. The Hall–Kier alpha value is -2.72. The number of hydrogen-bond acceptors (Lipinski definition) is 7. The van der Waals surface area contributed by atoms with Crippen LogP contribution in [0, 0.1) is 23.7 Å². The van der Waals surface area contributed by atoms with E-state index in [1.165, 1.54) is 35.9 Å². The van der Waals surface area contributed by atoms with Crippen LogP contribution in [0.15, 0.2) is 53.4 Å². The number of nitrogens with zero attached hydrogens (tertiary/aromatic N) is 2. The number of carbonyl (C=O) groups is 2. The van der Waals surface area contributed by atoms with Gasteiger partial charge in [0.15, 0.2) is 0 Å². The zero-order valence-corrected chi connectivity index (χ0v) is 31.9. The zero-order chi connectivity index (χ0) is 35.4. The van der Waals surface area contributed by atoms with Crippen LogP contribution < -0.4 is 14.4 Å². The summed E-state index contributed by atoms with van der Waals surface area (Å²) in [6.45, 7) is 9.92. The lowest BCUT2D eigenvalue weighted by molar-refractivity contribution is -0.128. The Morgan fingerprint density at radius 2 is 1.92 bits per heavy atom. The number of fused-ring (bicyclic) bond motifs is 4. The molecule has 272 valence electrons. The molecule has 2 aromatic rings. The molecule has 8 nitrogen and oxygen atoms in total. The minimum absolute atomic E-state index is 0.0693. The van der Waals surface area contributed by atoms with Gasteiger partial charge in [-0.15, -0.1) is 0 Å². The van der Waals surface area contributed by atoms with Crippen molar-refractivity contribution in [2.24, 2.45) is 23.7 Å². The number of nitrogens with one attached hydrogen (secondary N) is 1. The molecule has 2 fully saturated rings. The summed E-state index contributed by atoms with van der Waals surface area (Å²) in [6.07, 6.45) is 12.4. The van der Waals surface area contributed by atoms with E-state index in [0.29, 0.717) is 18.4 Å². The quantitative estimate of drug-likeness (QED) is 0.255. The Balaban J connectivity index is 0.000000373. The van der Waals surface area contributed by atoms with E-state index in [9.17, 15) is 9.59 Å². The molecule has 6 unspecified atom stereocenters. The van der Waals surface area contributed by atoms with Gasteiger partial charge in [0.25, 0.3) is 0 Å². The second kappa shape index (κ2) is 16.3. The molecule has 2 aliphatic carbocycles. The lowest BCUT2D eigenvalue weighted by Gasteiger charge is -2.46. The summed E-state index contributed by atoms with van der Waals surface area (Å²) < 4.78 is 20.9. The van der Waals surface area contributed by atoms with Crippen molar-refractivity contribution in [1.82, 2.24) is 9.62 Å². The van der Waals surface area contributed by atoms with E-state index in [1.54, 1.807) is 14.0 Å². The molecule has 0 radical (unpaired) electrons. The van der Waals surface area contributed by atoms with Gasteiger partial charge < -0.3 is 24.0 Å². The smallest absolute Gasteiger partial charge is 0.233 e. The molecule has 2 aromatic carbocycles. The second-order valence-corrected chi connectivity index (χ2v) is 16.4. The van der Waals surface area contributed by atoms with Gasteiger partial charge in [-0.05, 0) is 116 Å². The molecule has 1 saturated heterocycles. The molecule has 10 heteroatoms. The van der Waals surface area contributed by atoms with E-state index in [2.05, 4.69) is 59.0 Å². The maximum Gasteiger partial charge on any atom is 0.233 e. The molecule has 1 spiro atoms. The standard InChI is InChI=1S/C33H41ClN2O3S.C7H13NO2/c1-21-6-4-8-30(38-3)27-12-9-24(27)18-36-19-33(15-5-7-23-16-25(34)10-13-28(23)33)20-39-31-14-11-26(17-29(31)36)40-35-32(37)22(21)2;1-6(9)8-4-3-7(5-8)10-2/h4,8,10-11,13-14,16-17,21-22,24,27,30H,5-7,9,12,15,18-20H2,1-3H3,(H,35,37);7H,3-5H2,1-2H3/b8-4+;/t21?,22?,24?,27?,30?,33-;/m0./s1. The molecular formula is C40H54ClN3O5S. The van der Waals surface area contributed by atoms with Crippen molar-refractivity contribution in [2.45, 2.75) is 88.2 Å². The topological polar surface area (TPSA) is 80.3 Å². The number of halogens is 1. The number of allylic oxidation sites excluding steroid dienone is 1. The van der Waals surface area contributed by atoms with E-state index < -0.39 is 0 Å². The summed E-state index contributed by atoms with van der Waals surface area (Å²) in [6, 6.07) is 12.8. The van der Waals surface area contributed by atoms with E-state index in [-0.39, 0.29) is 41.3 Å². The van der Waals surface area contributed by atoms with Crippen LogP contribution in [-0.4, -0.2) is 75.9 Å². The van der Waals surface area contributed by atoms with Gasteiger partial charge in [-0.25, -0.2) is 0 Å².